The number of carbonyl (C=O) groups is 2. The van der Waals surface area contributed by atoms with Gasteiger partial charge in [0.2, 0.25) is 5.88 Å². The maximum Gasteiger partial charge on any atom is 0.261 e. The van der Waals surface area contributed by atoms with E-state index in [1.165, 1.54) is 42.9 Å². The molecule has 0 spiro atoms. The normalized spacial score (nSPS) is 10.4. The molecule has 0 atom stereocenters. The van der Waals surface area contributed by atoms with Crippen LogP contribution in [0.1, 0.15) is 26.3 Å². The lowest BCUT2D eigenvalue weighted by atomic mass is 10.1. The summed E-state index contributed by atoms with van der Waals surface area (Å²) in [6, 6.07) is 8.52. The largest absolute Gasteiger partial charge is 0.480 e. The third kappa shape index (κ3) is 4.35. The minimum absolute atomic E-state index is 0.111. The highest BCUT2D eigenvalue weighted by Crippen LogP contribution is 2.20. The van der Waals surface area contributed by atoms with Crippen LogP contribution in [0.3, 0.4) is 0 Å². The first-order valence-corrected chi connectivity index (χ1v) is 8.35. The molecular weight excluding hydrogens is 365 g/mol. The molecule has 7 nitrogen and oxygen atoms in total. The summed E-state index contributed by atoms with van der Waals surface area (Å²) in [7, 11) is 2.99. The smallest absolute Gasteiger partial charge is 0.261 e. The van der Waals surface area contributed by atoms with E-state index < -0.39 is 17.6 Å². The minimum Gasteiger partial charge on any atom is -0.480 e. The van der Waals surface area contributed by atoms with Crippen molar-refractivity contribution in [3.63, 3.8) is 0 Å². The monoisotopic (exact) mass is 383 g/mol. The van der Waals surface area contributed by atoms with Crippen molar-refractivity contribution < 1.29 is 23.1 Å². The van der Waals surface area contributed by atoms with Crippen LogP contribution < -0.4 is 10.1 Å². The van der Waals surface area contributed by atoms with E-state index in [1.807, 2.05) is 0 Å². The number of aromatic nitrogens is 1. The molecule has 0 saturated carbocycles. The van der Waals surface area contributed by atoms with E-state index in [0.717, 1.165) is 17.7 Å². The molecular formula is C20H18FN3O4. The van der Waals surface area contributed by atoms with E-state index in [-0.39, 0.29) is 22.7 Å². The van der Waals surface area contributed by atoms with Crippen LogP contribution >= 0.6 is 0 Å². The Labute approximate surface area is 160 Å². The maximum absolute atomic E-state index is 14.1. The Bertz CT molecular complexity index is 989. The number of ether oxygens (including phenoxy) is 1. The molecule has 8 heteroatoms. The van der Waals surface area contributed by atoms with Crippen molar-refractivity contribution in [1.82, 2.24) is 9.88 Å². The zero-order chi connectivity index (χ0) is 20.1. The molecule has 0 saturated heterocycles. The summed E-state index contributed by atoms with van der Waals surface area (Å²) in [5, 5.41) is 2.57. The predicted molar refractivity (Wildman–Crippen MR) is 99.6 cm³/mol. The van der Waals surface area contributed by atoms with Crippen LogP contribution in [0.5, 0.6) is 5.88 Å². The van der Waals surface area contributed by atoms with Crippen LogP contribution in [-0.2, 0) is 6.54 Å². The van der Waals surface area contributed by atoms with Crippen molar-refractivity contribution >= 4 is 17.5 Å². The van der Waals surface area contributed by atoms with E-state index in [0.29, 0.717) is 6.54 Å². The molecule has 2 aromatic heterocycles. The number of pyridine rings is 1. The topological polar surface area (TPSA) is 84.7 Å². The van der Waals surface area contributed by atoms with Gasteiger partial charge in [0, 0.05) is 36.6 Å². The van der Waals surface area contributed by atoms with Gasteiger partial charge in [0.05, 0.1) is 19.6 Å². The number of amides is 2. The Balaban J connectivity index is 1.79. The summed E-state index contributed by atoms with van der Waals surface area (Å²) in [5.41, 5.74) is 1.26. The number of anilines is 1. The van der Waals surface area contributed by atoms with Crippen LogP contribution in [0, 0.1) is 5.82 Å². The highest BCUT2D eigenvalue weighted by molar-refractivity contribution is 6.06. The number of rotatable bonds is 6. The zero-order valence-corrected chi connectivity index (χ0v) is 15.3. The van der Waals surface area contributed by atoms with E-state index >= 15 is 0 Å². The van der Waals surface area contributed by atoms with Gasteiger partial charge in [-0.25, -0.2) is 9.37 Å². The minimum atomic E-state index is -0.643. The lowest BCUT2D eigenvalue weighted by Crippen LogP contribution is -2.26. The van der Waals surface area contributed by atoms with Gasteiger partial charge in [-0.2, -0.15) is 0 Å². The zero-order valence-electron chi connectivity index (χ0n) is 15.3. The van der Waals surface area contributed by atoms with Gasteiger partial charge < -0.3 is 19.4 Å². The summed E-state index contributed by atoms with van der Waals surface area (Å²) < 4.78 is 24.1. The number of nitrogens with zero attached hydrogens (tertiary/aromatic N) is 2. The number of benzene rings is 1. The van der Waals surface area contributed by atoms with Crippen molar-refractivity contribution in [2.75, 3.05) is 19.5 Å². The molecule has 0 fully saturated rings. The van der Waals surface area contributed by atoms with E-state index in [2.05, 4.69) is 10.3 Å². The molecule has 1 aromatic carbocycles. The van der Waals surface area contributed by atoms with Crippen molar-refractivity contribution in [3.8, 4) is 5.88 Å². The molecule has 0 aliphatic carbocycles. The van der Waals surface area contributed by atoms with Crippen LogP contribution in [0.4, 0.5) is 10.1 Å². The fraction of sp³-hybridized carbons (Fsp3) is 0.150. The first kappa shape index (κ1) is 19.1. The molecule has 28 heavy (non-hydrogen) atoms. The van der Waals surface area contributed by atoms with Gasteiger partial charge in [-0.1, -0.05) is 0 Å². The number of methoxy groups -OCH3 is 1. The van der Waals surface area contributed by atoms with Crippen molar-refractivity contribution in [2.24, 2.45) is 0 Å². The molecule has 3 rings (SSSR count). The van der Waals surface area contributed by atoms with Crippen molar-refractivity contribution in [1.29, 1.82) is 0 Å². The van der Waals surface area contributed by atoms with Crippen LogP contribution in [0.2, 0.25) is 0 Å². The fourth-order valence-corrected chi connectivity index (χ4v) is 2.66. The Hall–Kier alpha value is -3.68. The molecule has 144 valence electrons. The average Bonchev–Trinajstić information content (AvgIpc) is 3.19. The highest BCUT2D eigenvalue weighted by Gasteiger charge is 2.17. The molecule has 2 heterocycles. The Morgan fingerprint density at radius 1 is 1.29 bits per heavy atom. The third-order valence-electron chi connectivity index (χ3n) is 3.96. The van der Waals surface area contributed by atoms with Gasteiger partial charge in [0.1, 0.15) is 11.4 Å². The molecule has 3 aromatic rings. The second-order valence-corrected chi connectivity index (χ2v) is 6.04. The third-order valence-corrected chi connectivity index (χ3v) is 3.96. The highest BCUT2D eigenvalue weighted by atomic mass is 19.1. The maximum atomic E-state index is 14.1. The first-order valence-electron chi connectivity index (χ1n) is 8.35. The molecule has 0 radical (unpaired) electrons. The van der Waals surface area contributed by atoms with Crippen molar-refractivity contribution in [3.05, 3.63) is 77.6 Å². The van der Waals surface area contributed by atoms with Gasteiger partial charge >= 0.3 is 0 Å². The molecule has 0 unspecified atom stereocenters. The summed E-state index contributed by atoms with van der Waals surface area (Å²) in [4.78, 5) is 30.5. The number of halogens is 1. The number of hydrogen-bond donors (Lipinski definition) is 1. The fourth-order valence-electron chi connectivity index (χ4n) is 2.66. The lowest BCUT2D eigenvalue weighted by Gasteiger charge is -2.17. The SMILES string of the molecule is COc1ncccc1C(=O)Nc1cc(F)cc(C(=O)N(C)Cc2ccoc2)c1. The Morgan fingerprint density at radius 3 is 2.82 bits per heavy atom. The average molecular weight is 383 g/mol. The summed E-state index contributed by atoms with van der Waals surface area (Å²) in [5.74, 6) is -1.42. The van der Waals surface area contributed by atoms with E-state index in [4.69, 9.17) is 9.15 Å². The second kappa shape index (κ2) is 8.34. The summed E-state index contributed by atoms with van der Waals surface area (Å²) in [6.45, 7) is 0.306. The van der Waals surface area contributed by atoms with Gasteiger partial charge in [0.25, 0.3) is 11.8 Å². The van der Waals surface area contributed by atoms with Gasteiger partial charge in [-0.3, -0.25) is 9.59 Å². The lowest BCUT2D eigenvalue weighted by molar-refractivity contribution is 0.0784. The molecule has 2 amide bonds. The quantitative estimate of drug-likeness (QED) is 0.706. The number of hydrogen-bond acceptors (Lipinski definition) is 5. The van der Waals surface area contributed by atoms with Crippen molar-refractivity contribution in [2.45, 2.75) is 6.54 Å². The summed E-state index contributed by atoms with van der Waals surface area (Å²) >= 11 is 0. The molecule has 0 aliphatic heterocycles. The summed E-state index contributed by atoms with van der Waals surface area (Å²) in [6.07, 6.45) is 4.53. The van der Waals surface area contributed by atoms with E-state index in [9.17, 15) is 14.0 Å². The van der Waals surface area contributed by atoms with Crippen LogP contribution in [0.25, 0.3) is 0 Å². The number of carbonyl (C=O) groups excluding carboxylic acids is 2. The Morgan fingerprint density at radius 2 is 2.11 bits per heavy atom. The number of furan rings is 1. The Kier molecular flexibility index (Phi) is 5.69. The first-order chi connectivity index (χ1) is 13.5. The van der Waals surface area contributed by atoms with Crippen LogP contribution in [0.15, 0.2) is 59.5 Å². The molecule has 0 bridgehead atoms. The molecule has 1 N–H and O–H groups in total. The van der Waals surface area contributed by atoms with Gasteiger partial charge in [0.15, 0.2) is 0 Å². The van der Waals surface area contributed by atoms with Gasteiger partial charge in [-0.15, -0.1) is 0 Å². The number of nitrogens with one attached hydrogen (secondary N) is 1. The van der Waals surface area contributed by atoms with E-state index in [1.54, 1.807) is 19.2 Å². The molecule has 0 aliphatic rings. The predicted octanol–water partition coefficient (Wildman–Crippen LogP) is 3.35. The van der Waals surface area contributed by atoms with Gasteiger partial charge in [-0.05, 0) is 36.4 Å². The second-order valence-electron chi connectivity index (χ2n) is 6.04. The standard InChI is InChI=1S/C20H18FN3O4/c1-24(11-13-5-7-28-12-13)20(26)14-8-15(21)10-16(9-14)23-18(25)17-4-3-6-22-19(17)27-2/h3-10,12H,11H2,1-2H3,(H,23,25). The van der Waals surface area contributed by atoms with Crippen LogP contribution in [-0.4, -0.2) is 35.9 Å².